The van der Waals surface area contributed by atoms with Crippen molar-refractivity contribution in [3.63, 3.8) is 0 Å². The molecule has 0 aromatic rings. The van der Waals surface area contributed by atoms with E-state index in [1.54, 1.807) is 11.8 Å². The van der Waals surface area contributed by atoms with Gasteiger partial charge in [-0.05, 0) is 38.5 Å². The Morgan fingerprint density at radius 3 is 2.56 bits per heavy atom. The zero-order valence-corrected chi connectivity index (χ0v) is 16.2. The molecule has 1 spiro atoms. The number of carbonyl (C=O) groups is 2. The maximum atomic E-state index is 13.2. The molecule has 0 aromatic carbocycles. The summed E-state index contributed by atoms with van der Waals surface area (Å²) in [6.45, 7) is 7.72. The Kier molecular flexibility index (Phi) is 6.28. The number of hydrogen-bond acceptors (Lipinski definition) is 6. The molecule has 2 aliphatic heterocycles. The van der Waals surface area contributed by atoms with Crippen LogP contribution in [-0.2, 0) is 19.1 Å². The Morgan fingerprint density at radius 2 is 1.92 bits per heavy atom. The largest absolute Gasteiger partial charge is 0.464 e. The number of carbonyl (C=O) groups excluding carboxylic acids is 2. The number of thioether (sulfide) groups is 1. The zero-order chi connectivity index (χ0) is 17.9. The molecule has 7 heteroatoms. The molecule has 1 atom stereocenters. The minimum Gasteiger partial charge on any atom is -0.464 e. The predicted molar refractivity (Wildman–Crippen MR) is 97.3 cm³/mol. The Hall–Kier alpha value is -0.790. The average molecular weight is 371 g/mol. The molecule has 25 heavy (non-hydrogen) atoms. The topological polar surface area (TPSA) is 59.1 Å². The fourth-order valence-electron chi connectivity index (χ4n) is 4.10. The third-order valence-electron chi connectivity index (χ3n) is 5.61. The van der Waals surface area contributed by atoms with E-state index in [0.717, 1.165) is 38.8 Å². The Morgan fingerprint density at radius 1 is 1.24 bits per heavy atom. The van der Waals surface area contributed by atoms with Crippen LogP contribution in [0.15, 0.2) is 0 Å². The van der Waals surface area contributed by atoms with Crippen molar-refractivity contribution in [2.45, 2.75) is 50.4 Å². The maximum Gasteiger partial charge on any atom is 0.329 e. The summed E-state index contributed by atoms with van der Waals surface area (Å²) in [5.41, 5.74) is 0. The van der Waals surface area contributed by atoms with Gasteiger partial charge in [-0.3, -0.25) is 9.69 Å². The first-order valence-electron chi connectivity index (χ1n) is 9.48. The van der Waals surface area contributed by atoms with Crippen molar-refractivity contribution in [1.29, 1.82) is 0 Å². The second-order valence-corrected chi connectivity index (χ2v) is 8.74. The molecule has 0 unspecified atom stereocenters. The normalized spacial score (nSPS) is 33.6. The summed E-state index contributed by atoms with van der Waals surface area (Å²) in [7, 11) is 0. The van der Waals surface area contributed by atoms with E-state index in [2.05, 4.69) is 11.8 Å². The van der Waals surface area contributed by atoms with Gasteiger partial charge in [0.1, 0.15) is 6.04 Å². The lowest BCUT2D eigenvalue weighted by molar-refractivity contribution is -0.157. The van der Waals surface area contributed by atoms with E-state index in [4.69, 9.17) is 9.47 Å². The van der Waals surface area contributed by atoms with E-state index in [-0.39, 0.29) is 16.7 Å². The van der Waals surface area contributed by atoms with Crippen molar-refractivity contribution in [3.8, 4) is 0 Å². The number of hydrogen-bond donors (Lipinski definition) is 0. The van der Waals surface area contributed by atoms with Crippen LogP contribution >= 0.6 is 11.8 Å². The van der Waals surface area contributed by atoms with E-state index in [9.17, 15) is 9.59 Å². The van der Waals surface area contributed by atoms with Crippen molar-refractivity contribution in [2.24, 2.45) is 5.92 Å². The van der Waals surface area contributed by atoms with E-state index < -0.39 is 6.04 Å². The molecular weight excluding hydrogens is 340 g/mol. The molecule has 6 nitrogen and oxygen atoms in total. The summed E-state index contributed by atoms with van der Waals surface area (Å²) in [5, 5.41) is 0. The lowest BCUT2D eigenvalue weighted by Gasteiger charge is -2.44. The van der Waals surface area contributed by atoms with E-state index in [0.29, 0.717) is 38.0 Å². The second-order valence-electron chi connectivity index (χ2n) is 7.36. The van der Waals surface area contributed by atoms with Gasteiger partial charge in [0, 0.05) is 18.8 Å². The molecule has 1 saturated carbocycles. The molecule has 0 bridgehead atoms. The first-order chi connectivity index (χ1) is 12.1. The van der Waals surface area contributed by atoms with Crippen molar-refractivity contribution in [2.75, 3.05) is 45.2 Å². The van der Waals surface area contributed by atoms with Crippen LogP contribution in [0.3, 0.4) is 0 Å². The molecule has 3 rings (SSSR count). The molecule has 3 aliphatic rings. The number of ether oxygens (including phenoxy) is 2. The smallest absolute Gasteiger partial charge is 0.329 e. The quantitative estimate of drug-likeness (QED) is 0.703. The lowest BCUT2D eigenvalue weighted by atomic mass is 9.85. The Labute approximate surface area is 154 Å². The Bertz CT molecular complexity index is 487. The van der Waals surface area contributed by atoms with Gasteiger partial charge in [0.15, 0.2) is 0 Å². The van der Waals surface area contributed by atoms with Gasteiger partial charge in [0.05, 0.1) is 31.2 Å². The molecule has 0 N–H and O–H groups in total. The highest BCUT2D eigenvalue weighted by molar-refractivity contribution is 8.01. The zero-order valence-electron chi connectivity index (χ0n) is 15.4. The monoisotopic (exact) mass is 370 g/mol. The number of morpholine rings is 1. The van der Waals surface area contributed by atoms with Gasteiger partial charge in [-0.1, -0.05) is 6.92 Å². The number of amides is 1. The summed E-state index contributed by atoms with van der Waals surface area (Å²) in [6, 6.07) is -0.438. The first-order valence-corrected chi connectivity index (χ1v) is 10.5. The van der Waals surface area contributed by atoms with E-state index in [1.165, 1.54) is 0 Å². The van der Waals surface area contributed by atoms with E-state index in [1.807, 2.05) is 11.8 Å². The molecule has 0 radical (unpaired) electrons. The maximum absolute atomic E-state index is 13.2. The summed E-state index contributed by atoms with van der Waals surface area (Å²) >= 11 is 1.79. The fourth-order valence-corrected chi connectivity index (χ4v) is 5.75. The van der Waals surface area contributed by atoms with E-state index >= 15 is 0 Å². The standard InChI is InChI=1S/C18H30N2O4S/c1-3-24-17(22)15-13-25-18(6-4-14(2)5-7-18)20(15)16(21)12-19-8-10-23-11-9-19/h14-15H,3-13H2,1-2H3/t14?,15-,18?/m0/s1. The molecule has 1 amide bonds. The van der Waals surface area contributed by atoms with Crippen LogP contribution in [0.5, 0.6) is 0 Å². The summed E-state index contributed by atoms with van der Waals surface area (Å²) in [5.74, 6) is 1.17. The van der Waals surface area contributed by atoms with Gasteiger partial charge in [0.2, 0.25) is 5.91 Å². The average Bonchev–Trinajstić information content (AvgIpc) is 2.98. The van der Waals surface area contributed by atoms with Crippen molar-refractivity contribution >= 4 is 23.6 Å². The summed E-state index contributed by atoms with van der Waals surface area (Å²) in [6.07, 6.45) is 4.18. The molecule has 1 aliphatic carbocycles. The van der Waals surface area contributed by atoms with Gasteiger partial charge >= 0.3 is 5.97 Å². The Balaban J connectivity index is 1.76. The third-order valence-corrected chi connectivity index (χ3v) is 7.23. The second kappa shape index (κ2) is 8.27. The van der Waals surface area contributed by atoms with Gasteiger partial charge in [-0.25, -0.2) is 4.79 Å². The third kappa shape index (κ3) is 4.14. The van der Waals surface area contributed by atoms with Crippen molar-refractivity contribution < 1.29 is 19.1 Å². The van der Waals surface area contributed by atoms with Crippen LogP contribution in [-0.4, -0.2) is 77.8 Å². The van der Waals surface area contributed by atoms with Crippen LogP contribution in [0.25, 0.3) is 0 Å². The van der Waals surface area contributed by atoms with Crippen LogP contribution in [0.1, 0.15) is 39.5 Å². The molecular formula is C18H30N2O4S. The van der Waals surface area contributed by atoms with Gasteiger partial charge < -0.3 is 14.4 Å². The van der Waals surface area contributed by atoms with Crippen molar-refractivity contribution in [1.82, 2.24) is 9.80 Å². The van der Waals surface area contributed by atoms with Crippen LogP contribution in [0, 0.1) is 5.92 Å². The van der Waals surface area contributed by atoms with Crippen molar-refractivity contribution in [3.05, 3.63) is 0 Å². The molecule has 142 valence electrons. The number of esters is 1. The number of rotatable bonds is 4. The molecule has 2 heterocycles. The minimum absolute atomic E-state index is 0.0690. The van der Waals surface area contributed by atoms with Crippen LogP contribution < -0.4 is 0 Å². The fraction of sp³-hybridized carbons (Fsp3) is 0.889. The molecule has 3 fully saturated rings. The van der Waals surface area contributed by atoms with Crippen LogP contribution in [0.2, 0.25) is 0 Å². The lowest BCUT2D eigenvalue weighted by Crippen LogP contribution is -2.57. The molecule has 0 aromatic heterocycles. The summed E-state index contributed by atoms with van der Waals surface area (Å²) < 4.78 is 10.6. The number of nitrogens with zero attached hydrogens (tertiary/aromatic N) is 2. The summed E-state index contributed by atoms with van der Waals surface area (Å²) in [4.78, 5) is 29.5. The first kappa shape index (κ1) is 19.0. The highest BCUT2D eigenvalue weighted by Crippen LogP contribution is 2.50. The molecule has 2 saturated heterocycles. The highest BCUT2D eigenvalue weighted by Gasteiger charge is 2.53. The van der Waals surface area contributed by atoms with Crippen LogP contribution in [0.4, 0.5) is 0 Å². The minimum atomic E-state index is -0.438. The van der Waals surface area contributed by atoms with Gasteiger partial charge in [-0.15, -0.1) is 11.8 Å². The highest BCUT2D eigenvalue weighted by atomic mass is 32.2. The van der Waals surface area contributed by atoms with Gasteiger partial charge in [-0.2, -0.15) is 0 Å². The van der Waals surface area contributed by atoms with Gasteiger partial charge in [0.25, 0.3) is 0 Å². The predicted octanol–water partition coefficient (Wildman–Crippen LogP) is 1.73. The SMILES string of the molecule is CCOC(=O)[C@@H]1CSC2(CCC(C)CC2)N1C(=O)CN1CCOCC1.